The molecule has 0 radical (unpaired) electrons. The fourth-order valence-electron chi connectivity index (χ4n) is 17.6. The van der Waals surface area contributed by atoms with Crippen molar-refractivity contribution in [2.75, 3.05) is 0 Å². The van der Waals surface area contributed by atoms with Gasteiger partial charge in [0.25, 0.3) is 0 Å². The van der Waals surface area contributed by atoms with Crippen molar-refractivity contribution in [3.8, 4) is 119 Å². The number of fused-ring (bicyclic) bond motifs is 21. The van der Waals surface area contributed by atoms with Gasteiger partial charge in [-0.2, -0.15) is 9.97 Å². The van der Waals surface area contributed by atoms with E-state index in [0.717, 1.165) is 189 Å². The van der Waals surface area contributed by atoms with Crippen LogP contribution in [0.2, 0.25) is 0 Å². The number of thiophene rings is 2. The highest BCUT2D eigenvalue weighted by Crippen LogP contribution is 2.48. The molecule has 0 aliphatic heterocycles. The maximum Gasteiger partial charge on any atom is 0.238 e. The second-order valence-electron chi connectivity index (χ2n) is 30.0. The minimum absolute atomic E-state index is 0.548. The summed E-state index contributed by atoms with van der Waals surface area (Å²) in [5, 5.41) is 15.1. The molecule has 0 bridgehead atoms. The predicted molar refractivity (Wildman–Crippen MR) is 486 cm³/mol. The number of benzene rings is 16. The summed E-state index contributed by atoms with van der Waals surface area (Å²) in [5.74, 6) is 4.70. The largest absolute Gasteiger partial charge is 0.452 e. The fourth-order valence-corrected chi connectivity index (χ4v) is 20.0. The molecular formula is C104H57N11O2S2. The Hall–Kier alpha value is -15.7. The molecule has 9 aromatic heterocycles. The Labute approximate surface area is 684 Å². The van der Waals surface area contributed by atoms with Gasteiger partial charge in [-0.25, -0.2) is 39.9 Å². The Morgan fingerprint density at radius 2 is 0.571 bits per heavy atom. The van der Waals surface area contributed by atoms with Crippen LogP contribution in [0.3, 0.4) is 0 Å². The average molecular weight is 1560 g/mol. The van der Waals surface area contributed by atoms with Gasteiger partial charge in [0, 0.05) is 112 Å². The van der Waals surface area contributed by atoms with E-state index in [2.05, 4.69) is 247 Å². The van der Waals surface area contributed by atoms with E-state index in [1.807, 2.05) is 103 Å². The van der Waals surface area contributed by atoms with E-state index in [1.165, 1.54) is 0 Å². The monoisotopic (exact) mass is 1560 g/mol. The minimum atomic E-state index is 0.548. The van der Waals surface area contributed by atoms with Crippen molar-refractivity contribution in [3.05, 3.63) is 346 Å². The molecule has 0 aliphatic rings. The molecular weight excluding hydrogens is 1500 g/mol. The van der Waals surface area contributed by atoms with Crippen LogP contribution in [0.5, 0.6) is 0 Å². The van der Waals surface area contributed by atoms with Gasteiger partial charge in [-0.3, -0.25) is 4.57 Å². The van der Waals surface area contributed by atoms with Gasteiger partial charge in [0.2, 0.25) is 5.95 Å². The van der Waals surface area contributed by atoms with Crippen LogP contribution in [0.25, 0.3) is 258 Å². The number of hydrogen-bond acceptors (Lipinski definition) is 14. The second-order valence-corrected chi connectivity index (χ2v) is 32.2. The van der Waals surface area contributed by atoms with E-state index >= 15 is 0 Å². The third-order valence-electron chi connectivity index (χ3n) is 23.2. The highest BCUT2D eigenvalue weighted by Gasteiger charge is 2.27. The molecule has 0 spiro atoms. The minimum Gasteiger partial charge on any atom is -0.452 e. The first-order valence-electron chi connectivity index (χ1n) is 39.4. The Morgan fingerprint density at radius 3 is 1.12 bits per heavy atom. The van der Waals surface area contributed by atoms with Crippen LogP contribution in [-0.4, -0.2) is 54.4 Å². The summed E-state index contributed by atoms with van der Waals surface area (Å²) in [6, 6.07) is 120. The number of rotatable bonds is 11. The van der Waals surface area contributed by atoms with Crippen molar-refractivity contribution in [1.29, 1.82) is 0 Å². The van der Waals surface area contributed by atoms with E-state index < -0.39 is 0 Å². The Kier molecular flexibility index (Phi) is 14.8. The molecule has 0 fully saturated rings. The standard InChI is InChI=1S/C104H57N11O2S2/c1-5-23-58(24-6-1)97-105-91(95-93(107-97)73-35-17-20-40-83(73)116-95)64-45-51-75-87(56-64)118-85-41-21-36-77(89(75)85)102-110-99(60-27-9-3-10-28-60)109-101(112-102)66-47-49-70-79-53-62(43-48-69(79)67-31-13-14-32-68(67)80(70)54-66)63-44-50-74-84(55-63)117-96-92(106-98(108-94(74)96)59-25-7-2-8-26-59)65-46-52-76-88(57-65)119-86-42-22-37-78(90(76)86)103-111-100(61-29-11-4-12-30-61)113-104(114-103)115-81-38-18-15-33-71(81)72-34-16-19-39-82(72)115/h1-57H. The number of aromatic nitrogens is 11. The fraction of sp³-hybridized carbons (Fsp3) is 0. The quantitative estimate of drug-likeness (QED) is 0.113. The Bertz CT molecular complexity index is 8520. The zero-order chi connectivity index (χ0) is 77.9. The van der Waals surface area contributed by atoms with Gasteiger partial charge in [0.1, 0.15) is 33.6 Å². The summed E-state index contributed by atoms with van der Waals surface area (Å²) in [5.41, 5.74) is 17.9. The molecule has 0 atom stereocenters. The first kappa shape index (κ1) is 66.7. The first-order chi connectivity index (χ1) is 58.9. The lowest BCUT2D eigenvalue weighted by Gasteiger charge is -2.14. The third kappa shape index (κ3) is 10.8. The van der Waals surface area contributed by atoms with Gasteiger partial charge in [-0.15, -0.1) is 22.7 Å². The molecule has 0 unspecified atom stereocenters. The van der Waals surface area contributed by atoms with Crippen molar-refractivity contribution in [1.82, 2.24) is 54.4 Å². The summed E-state index contributed by atoms with van der Waals surface area (Å²) in [4.78, 5) is 53.2. The lowest BCUT2D eigenvalue weighted by Crippen LogP contribution is -2.06. The van der Waals surface area contributed by atoms with Gasteiger partial charge in [0.05, 0.1) is 11.0 Å². The maximum atomic E-state index is 7.15. The van der Waals surface area contributed by atoms with Crippen LogP contribution in [0.1, 0.15) is 0 Å². The summed E-state index contributed by atoms with van der Waals surface area (Å²) >= 11 is 3.47. The van der Waals surface area contributed by atoms with Crippen LogP contribution in [0.15, 0.2) is 355 Å². The predicted octanol–water partition coefficient (Wildman–Crippen LogP) is 27.4. The lowest BCUT2D eigenvalue weighted by molar-refractivity contribution is 0.667. The molecule has 16 aromatic carbocycles. The number of nitrogens with zero attached hydrogens (tertiary/aromatic N) is 11. The molecule has 25 rings (SSSR count). The smallest absolute Gasteiger partial charge is 0.238 e. The molecule has 0 saturated heterocycles. The summed E-state index contributed by atoms with van der Waals surface area (Å²) < 4.78 is 20.3. The number of hydrogen-bond donors (Lipinski definition) is 0. The normalized spacial score (nSPS) is 12.0. The van der Waals surface area contributed by atoms with Gasteiger partial charge in [0.15, 0.2) is 51.9 Å². The van der Waals surface area contributed by atoms with Crippen LogP contribution >= 0.6 is 22.7 Å². The highest BCUT2D eigenvalue weighted by molar-refractivity contribution is 7.26. The van der Waals surface area contributed by atoms with Crippen molar-refractivity contribution < 1.29 is 8.83 Å². The molecule has 0 N–H and O–H groups in total. The van der Waals surface area contributed by atoms with Crippen molar-refractivity contribution in [3.63, 3.8) is 0 Å². The zero-order valence-corrected chi connectivity index (χ0v) is 64.6. The first-order valence-corrected chi connectivity index (χ1v) is 41.0. The highest BCUT2D eigenvalue weighted by atomic mass is 32.1. The second kappa shape index (κ2) is 26.4. The van der Waals surface area contributed by atoms with Crippen LogP contribution in [0.4, 0.5) is 0 Å². The molecule has 0 amide bonds. The van der Waals surface area contributed by atoms with Gasteiger partial charge in [-0.1, -0.05) is 273 Å². The maximum absolute atomic E-state index is 7.15. The molecule has 552 valence electrons. The molecule has 15 heteroatoms. The van der Waals surface area contributed by atoms with Crippen LogP contribution < -0.4 is 0 Å². The zero-order valence-electron chi connectivity index (χ0n) is 63.0. The van der Waals surface area contributed by atoms with E-state index in [-0.39, 0.29) is 0 Å². The van der Waals surface area contributed by atoms with Crippen molar-refractivity contribution >= 4 is 161 Å². The van der Waals surface area contributed by atoms with Gasteiger partial charge in [-0.05, 0) is 116 Å². The number of furan rings is 2. The Morgan fingerprint density at radius 1 is 0.210 bits per heavy atom. The molecule has 119 heavy (non-hydrogen) atoms. The van der Waals surface area contributed by atoms with Crippen molar-refractivity contribution in [2.45, 2.75) is 0 Å². The van der Waals surface area contributed by atoms with Gasteiger partial charge >= 0.3 is 0 Å². The van der Waals surface area contributed by atoms with E-state index in [0.29, 0.717) is 69.2 Å². The molecule has 0 saturated carbocycles. The lowest BCUT2D eigenvalue weighted by atomic mass is 9.91. The Balaban J connectivity index is 0.592. The summed E-state index contributed by atoms with van der Waals surface area (Å²) in [6.45, 7) is 0. The van der Waals surface area contributed by atoms with Crippen LogP contribution in [-0.2, 0) is 0 Å². The molecule has 13 nitrogen and oxygen atoms in total. The van der Waals surface area contributed by atoms with Gasteiger partial charge < -0.3 is 8.83 Å². The molecule has 25 aromatic rings. The third-order valence-corrected chi connectivity index (χ3v) is 25.4. The van der Waals surface area contributed by atoms with E-state index in [4.69, 9.17) is 58.7 Å². The summed E-state index contributed by atoms with van der Waals surface area (Å²) in [7, 11) is 0. The average Bonchev–Trinajstić information content (AvgIpc) is 1.04. The van der Waals surface area contributed by atoms with E-state index in [1.54, 1.807) is 22.7 Å². The summed E-state index contributed by atoms with van der Waals surface area (Å²) in [6.07, 6.45) is 0. The molecule has 9 heterocycles. The van der Waals surface area contributed by atoms with Crippen LogP contribution in [0, 0.1) is 0 Å². The van der Waals surface area contributed by atoms with Crippen molar-refractivity contribution in [2.24, 2.45) is 0 Å². The topological polar surface area (TPSA) is 160 Å². The molecule has 0 aliphatic carbocycles. The van der Waals surface area contributed by atoms with E-state index in [9.17, 15) is 0 Å². The number of para-hydroxylation sites is 3. The SMILES string of the molecule is c1ccc(-c2nc(-c3ccc4c5cc(-c6ccc7c(c6)oc6c(-c8ccc9c(c8)sc8cccc(-c%10nc(-c%11ccccc%11)nc(-n%11c%12ccccc%12c%12ccccc%12%11)n%10)c89)nc(-c8ccccc8)nc67)ccc5c5ccccc5c4c3)nc(-c3cccc4sc5cc(-c6nc(-c7ccccc7)nc7c6oc6ccccc67)ccc5c34)n2)cc1.